The van der Waals surface area contributed by atoms with Crippen LogP contribution >= 0.6 is 11.3 Å². The Bertz CT molecular complexity index is 750. The Hall–Kier alpha value is -1.95. The van der Waals surface area contributed by atoms with Crippen molar-refractivity contribution < 1.29 is 14.7 Å². The molecule has 2 aliphatic rings. The molecule has 0 spiro atoms. The van der Waals surface area contributed by atoms with Gasteiger partial charge in [0.25, 0.3) is 0 Å². The van der Waals surface area contributed by atoms with Gasteiger partial charge in [-0.05, 0) is 37.5 Å². The van der Waals surface area contributed by atoms with E-state index in [9.17, 15) is 9.59 Å². The molecule has 2 saturated carbocycles. The number of carboxylic acid groups (broad SMARTS) is 1. The number of amides is 1. The van der Waals surface area contributed by atoms with Crippen LogP contribution < -0.4 is 5.32 Å². The molecule has 1 aromatic heterocycles. The van der Waals surface area contributed by atoms with Crippen molar-refractivity contribution in [2.45, 2.75) is 25.2 Å². The van der Waals surface area contributed by atoms with Gasteiger partial charge in [-0.2, -0.15) is 0 Å². The number of carboxylic acids is 1. The van der Waals surface area contributed by atoms with E-state index in [1.165, 1.54) is 17.8 Å². The van der Waals surface area contributed by atoms with Crippen LogP contribution in [0.2, 0.25) is 0 Å². The highest BCUT2D eigenvalue weighted by Crippen LogP contribution is 2.43. The molecule has 108 valence electrons. The minimum atomic E-state index is -0.887. The van der Waals surface area contributed by atoms with Gasteiger partial charge in [0.05, 0.1) is 27.1 Å². The summed E-state index contributed by atoms with van der Waals surface area (Å²) in [5, 5.41) is 12.8. The first-order valence-electron chi connectivity index (χ1n) is 7.06. The predicted octanol–water partition coefficient (Wildman–Crippen LogP) is 2.83. The lowest BCUT2D eigenvalue weighted by Crippen LogP contribution is -2.16. The van der Waals surface area contributed by atoms with E-state index in [1.54, 1.807) is 11.3 Å². The van der Waals surface area contributed by atoms with Crippen LogP contribution in [0.15, 0.2) is 18.2 Å². The molecule has 1 amide bonds. The maximum atomic E-state index is 12.0. The first-order chi connectivity index (χ1) is 10.1. The summed E-state index contributed by atoms with van der Waals surface area (Å²) in [6.45, 7) is 0. The Morgan fingerprint density at radius 3 is 2.76 bits per heavy atom. The summed E-state index contributed by atoms with van der Waals surface area (Å²) >= 11 is 1.68. The van der Waals surface area contributed by atoms with Gasteiger partial charge in [-0.3, -0.25) is 9.59 Å². The average molecular weight is 302 g/mol. The number of nitrogens with zero attached hydrogens (tertiary/aromatic N) is 1. The minimum Gasteiger partial charge on any atom is -0.481 e. The van der Waals surface area contributed by atoms with Crippen LogP contribution in [0.5, 0.6) is 0 Å². The molecule has 0 aliphatic heterocycles. The molecular weight excluding hydrogens is 288 g/mol. The number of benzene rings is 1. The molecule has 4 rings (SSSR count). The highest BCUT2D eigenvalue weighted by molar-refractivity contribution is 7.18. The Labute approximate surface area is 125 Å². The van der Waals surface area contributed by atoms with Crippen molar-refractivity contribution in [2.24, 2.45) is 11.8 Å². The molecule has 2 aliphatic carbocycles. The van der Waals surface area contributed by atoms with Crippen LogP contribution in [0.3, 0.4) is 0 Å². The third-order valence-corrected chi connectivity index (χ3v) is 5.22. The van der Waals surface area contributed by atoms with Gasteiger partial charge in [-0.25, -0.2) is 4.98 Å². The number of carbonyl (C=O) groups excluding carboxylic acids is 1. The molecular formula is C15H14N2O3S. The molecule has 21 heavy (non-hydrogen) atoms. The van der Waals surface area contributed by atoms with Crippen molar-refractivity contribution in [2.75, 3.05) is 5.32 Å². The normalized spacial score (nSPS) is 24.0. The molecule has 2 unspecified atom stereocenters. The summed E-state index contributed by atoms with van der Waals surface area (Å²) in [6.07, 6.45) is 2.89. The molecule has 0 saturated heterocycles. The molecule has 5 nitrogen and oxygen atoms in total. The van der Waals surface area contributed by atoms with Crippen LogP contribution in [0.25, 0.3) is 10.2 Å². The van der Waals surface area contributed by atoms with E-state index in [0.29, 0.717) is 12.3 Å². The van der Waals surface area contributed by atoms with Crippen LogP contribution in [-0.2, 0) is 9.59 Å². The van der Waals surface area contributed by atoms with E-state index < -0.39 is 11.9 Å². The van der Waals surface area contributed by atoms with Gasteiger partial charge in [0, 0.05) is 11.6 Å². The number of anilines is 1. The Kier molecular flexibility index (Phi) is 2.75. The Morgan fingerprint density at radius 2 is 2.10 bits per heavy atom. The zero-order valence-corrected chi connectivity index (χ0v) is 12.0. The smallest absolute Gasteiger partial charge is 0.307 e. The van der Waals surface area contributed by atoms with Gasteiger partial charge in [0.2, 0.25) is 5.91 Å². The zero-order valence-electron chi connectivity index (χ0n) is 11.2. The second-order valence-corrected chi connectivity index (χ2v) is 6.85. The number of hydrogen-bond donors (Lipinski definition) is 2. The standard InChI is InChI=1S/C15H14N2O3S/c18-13(9-6-10(9)15(19)20)16-8-3-4-11-12(5-8)21-14(17-11)7-1-2-7/h3-5,7,9-10H,1-2,6H2,(H,16,18)(H,19,20). The largest absolute Gasteiger partial charge is 0.481 e. The van der Waals surface area contributed by atoms with Gasteiger partial charge in [-0.15, -0.1) is 11.3 Å². The Morgan fingerprint density at radius 1 is 1.29 bits per heavy atom. The second kappa shape index (κ2) is 4.53. The van der Waals surface area contributed by atoms with Crippen molar-refractivity contribution in [3.63, 3.8) is 0 Å². The molecule has 0 radical (unpaired) electrons. The fourth-order valence-corrected chi connectivity index (χ4v) is 3.69. The quantitative estimate of drug-likeness (QED) is 0.910. The lowest BCUT2D eigenvalue weighted by atomic mass is 10.2. The number of thiazole rings is 1. The van der Waals surface area contributed by atoms with Gasteiger partial charge in [0.1, 0.15) is 0 Å². The summed E-state index contributed by atoms with van der Waals surface area (Å²) in [5.41, 5.74) is 1.68. The monoisotopic (exact) mass is 302 g/mol. The van der Waals surface area contributed by atoms with E-state index in [1.807, 2.05) is 18.2 Å². The van der Waals surface area contributed by atoms with Gasteiger partial charge >= 0.3 is 5.97 Å². The fourth-order valence-electron chi connectivity index (χ4n) is 2.52. The molecule has 1 heterocycles. The van der Waals surface area contributed by atoms with Crippen molar-refractivity contribution in [3.05, 3.63) is 23.2 Å². The van der Waals surface area contributed by atoms with E-state index in [0.717, 1.165) is 15.9 Å². The second-order valence-electron chi connectivity index (χ2n) is 5.79. The summed E-state index contributed by atoms with van der Waals surface area (Å²) in [5.74, 6) is -1.36. The SMILES string of the molecule is O=C(O)C1CC1C(=O)Nc1ccc2nc(C3CC3)sc2c1. The van der Waals surface area contributed by atoms with Crippen molar-refractivity contribution >= 4 is 39.1 Å². The van der Waals surface area contributed by atoms with Crippen LogP contribution in [-0.4, -0.2) is 22.0 Å². The number of fused-ring (bicyclic) bond motifs is 1. The predicted molar refractivity (Wildman–Crippen MR) is 79.5 cm³/mol. The van der Waals surface area contributed by atoms with E-state index >= 15 is 0 Å². The van der Waals surface area contributed by atoms with Crippen molar-refractivity contribution in [1.82, 2.24) is 4.98 Å². The maximum absolute atomic E-state index is 12.0. The van der Waals surface area contributed by atoms with Crippen molar-refractivity contribution in [1.29, 1.82) is 0 Å². The molecule has 2 N–H and O–H groups in total. The average Bonchev–Trinajstić information content (AvgIpc) is 3.33. The minimum absolute atomic E-state index is 0.200. The van der Waals surface area contributed by atoms with Crippen LogP contribution in [0.4, 0.5) is 5.69 Å². The number of aliphatic carboxylic acids is 1. The van der Waals surface area contributed by atoms with E-state index in [4.69, 9.17) is 5.11 Å². The molecule has 6 heteroatoms. The summed E-state index contributed by atoms with van der Waals surface area (Å²) < 4.78 is 1.07. The van der Waals surface area contributed by atoms with Crippen molar-refractivity contribution in [3.8, 4) is 0 Å². The highest BCUT2D eigenvalue weighted by atomic mass is 32.1. The molecule has 1 aromatic carbocycles. The number of hydrogen-bond acceptors (Lipinski definition) is 4. The third kappa shape index (κ3) is 2.40. The first kappa shape index (κ1) is 12.8. The number of aromatic nitrogens is 1. The van der Waals surface area contributed by atoms with E-state index in [-0.39, 0.29) is 11.8 Å². The highest BCUT2D eigenvalue weighted by Gasteiger charge is 2.48. The van der Waals surface area contributed by atoms with Gasteiger partial charge in [-0.1, -0.05) is 0 Å². The summed E-state index contributed by atoms with van der Waals surface area (Å²) in [4.78, 5) is 27.4. The Balaban J connectivity index is 1.51. The molecule has 2 aromatic rings. The molecule has 0 bridgehead atoms. The molecule has 2 atom stereocenters. The first-order valence-corrected chi connectivity index (χ1v) is 7.87. The van der Waals surface area contributed by atoms with Crippen LogP contribution in [0.1, 0.15) is 30.2 Å². The molecule has 2 fully saturated rings. The van der Waals surface area contributed by atoms with Gasteiger partial charge in [0.15, 0.2) is 0 Å². The lowest BCUT2D eigenvalue weighted by Gasteiger charge is -2.03. The third-order valence-electron chi connectivity index (χ3n) is 4.04. The van der Waals surface area contributed by atoms with Gasteiger partial charge < -0.3 is 10.4 Å². The van der Waals surface area contributed by atoms with E-state index in [2.05, 4.69) is 10.3 Å². The van der Waals surface area contributed by atoms with Crippen LogP contribution in [0, 0.1) is 11.8 Å². The summed E-state index contributed by atoms with van der Waals surface area (Å²) in [7, 11) is 0. The zero-order chi connectivity index (χ0) is 14.6. The number of nitrogens with one attached hydrogen (secondary N) is 1. The maximum Gasteiger partial charge on any atom is 0.307 e. The number of carbonyl (C=O) groups is 2. The number of rotatable bonds is 4. The topological polar surface area (TPSA) is 79.3 Å². The lowest BCUT2D eigenvalue weighted by molar-refractivity contribution is -0.139. The fraction of sp³-hybridized carbons (Fsp3) is 0.400. The summed E-state index contributed by atoms with van der Waals surface area (Å²) in [6, 6.07) is 5.67.